The van der Waals surface area contributed by atoms with Gasteiger partial charge in [-0.05, 0) is 24.5 Å². The predicted octanol–water partition coefficient (Wildman–Crippen LogP) is 1.95. The Balaban J connectivity index is 2.14. The van der Waals surface area contributed by atoms with Crippen molar-refractivity contribution in [3.63, 3.8) is 0 Å². The van der Waals surface area contributed by atoms with Crippen molar-refractivity contribution in [2.75, 3.05) is 18.5 Å². The molecule has 1 aliphatic heterocycles. The number of amides is 2. The van der Waals surface area contributed by atoms with Crippen LogP contribution in [0, 0.1) is 5.92 Å². The lowest BCUT2D eigenvalue weighted by Gasteiger charge is -2.23. The molecule has 0 aromatic heterocycles. The largest absolute Gasteiger partial charge is 0.486 e. The quantitative estimate of drug-likeness (QED) is 0.871. The van der Waals surface area contributed by atoms with Crippen LogP contribution in [0.1, 0.15) is 27.2 Å². The van der Waals surface area contributed by atoms with E-state index in [1.807, 2.05) is 13.8 Å². The molecule has 0 fully saturated rings. The van der Waals surface area contributed by atoms with Crippen LogP contribution in [0.25, 0.3) is 0 Å². The summed E-state index contributed by atoms with van der Waals surface area (Å²) in [5, 5.41) is 5.51. The fourth-order valence-corrected chi connectivity index (χ4v) is 2.34. The van der Waals surface area contributed by atoms with Gasteiger partial charge in [-0.3, -0.25) is 9.59 Å². The summed E-state index contributed by atoms with van der Waals surface area (Å²) in [7, 11) is 0. The molecule has 0 aliphatic carbocycles. The van der Waals surface area contributed by atoms with Gasteiger partial charge in [0.25, 0.3) is 0 Å². The fraction of sp³-hybridized carbons (Fsp3) is 0.500. The normalized spacial score (nSPS) is 14.4. The third-order valence-corrected chi connectivity index (χ3v) is 3.23. The molecule has 1 aromatic carbocycles. The molecule has 1 aliphatic rings. The number of hydrogen-bond donors (Lipinski definition) is 2. The van der Waals surface area contributed by atoms with Gasteiger partial charge in [-0.1, -0.05) is 19.9 Å². The van der Waals surface area contributed by atoms with Crippen molar-refractivity contribution < 1.29 is 19.1 Å². The number of anilines is 1. The molecule has 1 heterocycles. The SMILES string of the molecule is CC(=O)N[C@@H](CC(C)C)C(=O)Nc1cccc2c1OCCO2. The molecule has 0 saturated heterocycles. The minimum Gasteiger partial charge on any atom is -0.486 e. The standard InChI is InChI=1S/C16H22N2O4/c1-10(2)9-13(17-11(3)19)16(20)18-12-5-4-6-14-15(12)22-8-7-21-14/h4-6,10,13H,7-9H2,1-3H3,(H,17,19)(H,18,20)/t13-/m0/s1. The molecule has 0 bridgehead atoms. The molecule has 2 rings (SSSR count). The number of hydrogen-bond acceptors (Lipinski definition) is 4. The van der Waals surface area contributed by atoms with Gasteiger partial charge in [0.1, 0.15) is 19.3 Å². The van der Waals surface area contributed by atoms with E-state index in [0.29, 0.717) is 36.8 Å². The number of carbonyl (C=O) groups excluding carboxylic acids is 2. The van der Waals surface area contributed by atoms with Gasteiger partial charge in [0.05, 0.1) is 5.69 Å². The number of benzene rings is 1. The Labute approximate surface area is 130 Å². The van der Waals surface area contributed by atoms with E-state index in [1.165, 1.54) is 6.92 Å². The molecule has 0 unspecified atom stereocenters. The van der Waals surface area contributed by atoms with E-state index in [9.17, 15) is 9.59 Å². The summed E-state index contributed by atoms with van der Waals surface area (Å²) in [6.07, 6.45) is 0.567. The first-order valence-electron chi connectivity index (χ1n) is 7.44. The van der Waals surface area contributed by atoms with Crippen molar-refractivity contribution in [1.29, 1.82) is 0 Å². The van der Waals surface area contributed by atoms with Crippen LogP contribution in [-0.4, -0.2) is 31.1 Å². The maximum atomic E-state index is 12.4. The van der Waals surface area contributed by atoms with Crippen LogP contribution in [0.2, 0.25) is 0 Å². The van der Waals surface area contributed by atoms with Gasteiger partial charge in [-0.2, -0.15) is 0 Å². The van der Waals surface area contributed by atoms with Crippen molar-refractivity contribution in [3.8, 4) is 11.5 Å². The molecule has 1 atom stereocenters. The molecule has 22 heavy (non-hydrogen) atoms. The third-order valence-electron chi connectivity index (χ3n) is 3.23. The molecule has 6 nitrogen and oxygen atoms in total. The van der Waals surface area contributed by atoms with Gasteiger partial charge in [-0.15, -0.1) is 0 Å². The van der Waals surface area contributed by atoms with E-state index in [4.69, 9.17) is 9.47 Å². The van der Waals surface area contributed by atoms with E-state index in [-0.39, 0.29) is 17.7 Å². The lowest BCUT2D eigenvalue weighted by molar-refractivity contribution is -0.125. The highest BCUT2D eigenvalue weighted by Crippen LogP contribution is 2.37. The van der Waals surface area contributed by atoms with Crippen molar-refractivity contribution in [3.05, 3.63) is 18.2 Å². The van der Waals surface area contributed by atoms with Crippen LogP contribution in [-0.2, 0) is 9.59 Å². The predicted molar refractivity (Wildman–Crippen MR) is 83.1 cm³/mol. The van der Waals surface area contributed by atoms with E-state index in [1.54, 1.807) is 18.2 Å². The van der Waals surface area contributed by atoms with Crippen molar-refractivity contribution in [1.82, 2.24) is 5.32 Å². The number of rotatable bonds is 5. The zero-order chi connectivity index (χ0) is 16.1. The number of para-hydroxylation sites is 1. The Kier molecular flexibility index (Phi) is 5.25. The van der Waals surface area contributed by atoms with Crippen LogP contribution in [0.3, 0.4) is 0 Å². The number of carbonyl (C=O) groups is 2. The Hall–Kier alpha value is -2.24. The van der Waals surface area contributed by atoms with Gasteiger partial charge in [0, 0.05) is 6.92 Å². The second-order valence-electron chi connectivity index (χ2n) is 5.70. The molecule has 2 N–H and O–H groups in total. The van der Waals surface area contributed by atoms with Crippen LogP contribution < -0.4 is 20.1 Å². The molecule has 1 aromatic rings. The molecular formula is C16H22N2O4. The first kappa shape index (κ1) is 16.1. The highest BCUT2D eigenvalue weighted by Gasteiger charge is 2.23. The Morgan fingerprint density at radius 3 is 2.64 bits per heavy atom. The highest BCUT2D eigenvalue weighted by atomic mass is 16.6. The first-order valence-corrected chi connectivity index (χ1v) is 7.44. The molecule has 0 radical (unpaired) electrons. The minimum atomic E-state index is -0.571. The van der Waals surface area contributed by atoms with Crippen LogP contribution in [0.5, 0.6) is 11.5 Å². The van der Waals surface area contributed by atoms with Crippen LogP contribution in [0.15, 0.2) is 18.2 Å². The monoisotopic (exact) mass is 306 g/mol. The first-order chi connectivity index (χ1) is 10.5. The van der Waals surface area contributed by atoms with Crippen LogP contribution in [0.4, 0.5) is 5.69 Å². The van der Waals surface area contributed by atoms with Crippen molar-refractivity contribution >= 4 is 17.5 Å². The zero-order valence-electron chi connectivity index (χ0n) is 13.1. The maximum absolute atomic E-state index is 12.4. The molecular weight excluding hydrogens is 284 g/mol. The van der Waals surface area contributed by atoms with Gasteiger partial charge in [0.2, 0.25) is 11.8 Å². The van der Waals surface area contributed by atoms with Gasteiger partial charge >= 0.3 is 0 Å². The second-order valence-corrected chi connectivity index (χ2v) is 5.70. The number of fused-ring (bicyclic) bond motifs is 1. The van der Waals surface area contributed by atoms with E-state index in [2.05, 4.69) is 10.6 Å². The lowest BCUT2D eigenvalue weighted by atomic mass is 10.0. The summed E-state index contributed by atoms with van der Waals surface area (Å²) >= 11 is 0. The molecule has 0 spiro atoms. The minimum absolute atomic E-state index is 0.226. The van der Waals surface area contributed by atoms with E-state index in [0.717, 1.165) is 0 Å². The highest BCUT2D eigenvalue weighted by molar-refractivity contribution is 5.98. The smallest absolute Gasteiger partial charge is 0.247 e. The molecule has 6 heteroatoms. The van der Waals surface area contributed by atoms with Crippen molar-refractivity contribution in [2.45, 2.75) is 33.2 Å². The fourth-order valence-electron chi connectivity index (χ4n) is 2.34. The summed E-state index contributed by atoms with van der Waals surface area (Å²) in [4.78, 5) is 23.7. The Bertz CT molecular complexity index is 557. The van der Waals surface area contributed by atoms with Crippen molar-refractivity contribution in [2.24, 2.45) is 5.92 Å². The van der Waals surface area contributed by atoms with Gasteiger partial charge in [-0.25, -0.2) is 0 Å². The summed E-state index contributed by atoms with van der Waals surface area (Å²) in [6.45, 7) is 6.35. The summed E-state index contributed by atoms with van der Waals surface area (Å²) < 4.78 is 11.1. The van der Waals surface area contributed by atoms with Gasteiger partial charge < -0.3 is 20.1 Å². The zero-order valence-corrected chi connectivity index (χ0v) is 13.1. The molecule has 0 saturated carbocycles. The lowest BCUT2D eigenvalue weighted by Crippen LogP contribution is -2.43. The summed E-state index contributed by atoms with van der Waals surface area (Å²) in [5.41, 5.74) is 0.557. The van der Waals surface area contributed by atoms with E-state index < -0.39 is 6.04 Å². The Morgan fingerprint density at radius 2 is 1.95 bits per heavy atom. The number of nitrogens with one attached hydrogen (secondary N) is 2. The molecule has 120 valence electrons. The number of ether oxygens (including phenoxy) is 2. The van der Waals surface area contributed by atoms with E-state index >= 15 is 0 Å². The average molecular weight is 306 g/mol. The second kappa shape index (κ2) is 7.15. The third kappa shape index (κ3) is 4.13. The molecule has 2 amide bonds. The van der Waals surface area contributed by atoms with Crippen LogP contribution >= 0.6 is 0 Å². The summed E-state index contributed by atoms with van der Waals surface area (Å²) in [5.74, 6) is 0.950. The summed E-state index contributed by atoms with van der Waals surface area (Å²) in [6, 6.07) is 4.77. The topological polar surface area (TPSA) is 76.7 Å². The maximum Gasteiger partial charge on any atom is 0.247 e. The average Bonchev–Trinajstić information content (AvgIpc) is 2.46. The van der Waals surface area contributed by atoms with Gasteiger partial charge in [0.15, 0.2) is 11.5 Å². The Morgan fingerprint density at radius 1 is 1.23 bits per heavy atom.